The van der Waals surface area contributed by atoms with Crippen LogP contribution in [0.2, 0.25) is 0 Å². The molecule has 4 fully saturated rings. The summed E-state index contributed by atoms with van der Waals surface area (Å²) in [6, 6.07) is 0.265. The van der Waals surface area contributed by atoms with Crippen molar-refractivity contribution in [3.63, 3.8) is 0 Å². The highest BCUT2D eigenvalue weighted by molar-refractivity contribution is 5.24. The number of allylic oxidation sites excluding steroid dienone is 1. The van der Waals surface area contributed by atoms with E-state index < -0.39 is 0 Å². The largest absolute Gasteiger partial charge is 0.324 e. The van der Waals surface area contributed by atoms with Gasteiger partial charge < -0.3 is 5.73 Å². The molecule has 0 aromatic carbocycles. The summed E-state index contributed by atoms with van der Waals surface area (Å²) in [5.41, 5.74) is 8.30. The van der Waals surface area contributed by atoms with Crippen LogP contribution in [0.25, 0.3) is 0 Å². The summed E-state index contributed by atoms with van der Waals surface area (Å²) >= 11 is 0. The second kappa shape index (κ2) is 3.60. The minimum atomic E-state index is 0.265. The molecule has 2 N–H and O–H groups in total. The Morgan fingerprint density at radius 1 is 1.12 bits per heavy atom. The Balaban J connectivity index is 1.93. The molecule has 0 amide bonds. The second-order valence-electron chi connectivity index (χ2n) is 6.73. The first-order valence-corrected chi connectivity index (χ1v) is 7.05. The molecule has 1 unspecified atom stereocenters. The third-order valence-corrected chi connectivity index (χ3v) is 5.45. The summed E-state index contributed by atoms with van der Waals surface area (Å²) in [7, 11) is 0. The Morgan fingerprint density at radius 2 is 1.56 bits per heavy atom. The van der Waals surface area contributed by atoms with Gasteiger partial charge in [0.05, 0.1) is 0 Å². The van der Waals surface area contributed by atoms with Crippen molar-refractivity contribution in [2.24, 2.45) is 28.9 Å². The standard InChI is InChI=1S/C15H25N/c1-3-14(10(2)16)15-7-11-4-12(8-15)6-13(5-11)9-15/h3,10-13H,4-9,16H2,1-2H3/b14-3+. The van der Waals surface area contributed by atoms with Crippen LogP contribution in [0.5, 0.6) is 0 Å². The molecule has 4 saturated carbocycles. The van der Waals surface area contributed by atoms with Crippen LogP contribution in [0.15, 0.2) is 11.6 Å². The van der Waals surface area contributed by atoms with Crippen molar-refractivity contribution < 1.29 is 0 Å². The van der Waals surface area contributed by atoms with Gasteiger partial charge in [0.15, 0.2) is 0 Å². The topological polar surface area (TPSA) is 26.0 Å². The van der Waals surface area contributed by atoms with E-state index in [2.05, 4.69) is 19.9 Å². The average molecular weight is 219 g/mol. The summed E-state index contributed by atoms with van der Waals surface area (Å²) in [6.45, 7) is 4.37. The lowest BCUT2D eigenvalue weighted by Crippen LogP contribution is -2.49. The third-order valence-electron chi connectivity index (χ3n) is 5.45. The Kier molecular flexibility index (Phi) is 2.43. The molecule has 1 heteroatoms. The van der Waals surface area contributed by atoms with Crippen LogP contribution in [-0.4, -0.2) is 6.04 Å². The molecular formula is C15H25N. The van der Waals surface area contributed by atoms with E-state index in [0.29, 0.717) is 5.41 Å². The lowest BCUT2D eigenvalue weighted by atomic mass is 9.47. The van der Waals surface area contributed by atoms with Gasteiger partial charge in [-0.15, -0.1) is 0 Å². The maximum atomic E-state index is 6.20. The highest BCUT2D eigenvalue weighted by Gasteiger charge is 2.52. The molecule has 1 atom stereocenters. The van der Waals surface area contributed by atoms with Crippen LogP contribution in [0.1, 0.15) is 52.4 Å². The van der Waals surface area contributed by atoms with Crippen molar-refractivity contribution >= 4 is 0 Å². The van der Waals surface area contributed by atoms with E-state index in [4.69, 9.17) is 5.73 Å². The number of nitrogens with two attached hydrogens (primary N) is 1. The molecule has 90 valence electrons. The van der Waals surface area contributed by atoms with Gasteiger partial charge in [-0.05, 0) is 75.5 Å². The Labute approximate surface area is 99.5 Å². The minimum absolute atomic E-state index is 0.265. The molecule has 4 aliphatic carbocycles. The molecule has 4 bridgehead atoms. The van der Waals surface area contributed by atoms with E-state index >= 15 is 0 Å². The van der Waals surface area contributed by atoms with Gasteiger partial charge >= 0.3 is 0 Å². The van der Waals surface area contributed by atoms with Gasteiger partial charge in [-0.3, -0.25) is 0 Å². The van der Waals surface area contributed by atoms with Crippen molar-refractivity contribution in [1.29, 1.82) is 0 Å². The first kappa shape index (κ1) is 10.8. The molecule has 0 radical (unpaired) electrons. The molecule has 0 saturated heterocycles. The first-order valence-electron chi connectivity index (χ1n) is 7.05. The number of hydrogen-bond acceptors (Lipinski definition) is 1. The first-order chi connectivity index (χ1) is 7.63. The fourth-order valence-corrected chi connectivity index (χ4v) is 5.52. The number of rotatable bonds is 2. The van der Waals surface area contributed by atoms with Crippen LogP contribution in [0.3, 0.4) is 0 Å². The van der Waals surface area contributed by atoms with Gasteiger partial charge in [0.25, 0.3) is 0 Å². The van der Waals surface area contributed by atoms with Gasteiger partial charge in [0, 0.05) is 6.04 Å². The van der Waals surface area contributed by atoms with Gasteiger partial charge in [-0.25, -0.2) is 0 Å². The number of hydrogen-bond donors (Lipinski definition) is 1. The van der Waals surface area contributed by atoms with Crippen LogP contribution >= 0.6 is 0 Å². The molecule has 16 heavy (non-hydrogen) atoms. The predicted molar refractivity (Wildman–Crippen MR) is 68.0 cm³/mol. The van der Waals surface area contributed by atoms with E-state index in [1.807, 2.05) is 0 Å². The van der Waals surface area contributed by atoms with E-state index in [1.54, 1.807) is 5.57 Å². The molecule has 4 rings (SSSR count). The van der Waals surface area contributed by atoms with Crippen molar-refractivity contribution in [3.05, 3.63) is 11.6 Å². The van der Waals surface area contributed by atoms with Gasteiger partial charge in [-0.1, -0.05) is 11.6 Å². The molecule has 0 spiro atoms. The quantitative estimate of drug-likeness (QED) is 0.707. The van der Waals surface area contributed by atoms with Crippen molar-refractivity contribution in [3.8, 4) is 0 Å². The van der Waals surface area contributed by atoms with E-state index in [0.717, 1.165) is 17.8 Å². The van der Waals surface area contributed by atoms with E-state index in [-0.39, 0.29) is 6.04 Å². The molecule has 0 aromatic heterocycles. The minimum Gasteiger partial charge on any atom is -0.324 e. The van der Waals surface area contributed by atoms with Crippen LogP contribution in [0, 0.1) is 23.2 Å². The predicted octanol–water partition coefficient (Wildman–Crippen LogP) is 3.50. The van der Waals surface area contributed by atoms with Gasteiger partial charge in [-0.2, -0.15) is 0 Å². The summed E-state index contributed by atoms with van der Waals surface area (Å²) in [5, 5.41) is 0. The lowest BCUT2D eigenvalue weighted by molar-refractivity contribution is -0.0329. The fourth-order valence-electron chi connectivity index (χ4n) is 5.52. The monoisotopic (exact) mass is 219 g/mol. The van der Waals surface area contributed by atoms with Crippen LogP contribution in [-0.2, 0) is 0 Å². The Morgan fingerprint density at radius 3 is 1.88 bits per heavy atom. The van der Waals surface area contributed by atoms with Crippen LogP contribution < -0.4 is 5.73 Å². The van der Waals surface area contributed by atoms with Crippen molar-refractivity contribution in [1.82, 2.24) is 0 Å². The summed E-state index contributed by atoms with van der Waals surface area (Å²) in [6.07, 6.45) is 11.2. The highest BCUT2D eigenvalue weighted by Crippen LogP contribution is 2.62. The Bertz CT molecular complexity index is 278. The molecule has 0 aromatic rings. The van der Waals surface area contributed by atoms with Gasteiger partial charge in [0.2, 0.25) is 0 Å². The highest BCUT2D eigenvalue weighted by atomic mass is 14.7. The smallest absolute Gasteiger partial charge is 0.0230 e. The lowest BCUT2D eigenvalue weighted by Gasteiger charge is -2.58. The molecule has 0 aliphatic heterocycles. The zero-order valence-corrected chi connectivity index (χ0v) is 10.7. The average Bonchev–Trinajstić information content (AvgIpc) is 2.14. The fraction of sp³-hybridized carbons (Fsp3) is 0.867. The summed E-state index contributed by atoms with van der Waals surface area (Å²) < 4.78 is 0. The van der Waals surface area contributed by atoms with Crippen molar-refractivity contribution in [2.45, 2.75) is 58.4 Å². The van der Waals surface area contributed by atoms with E-state index in [9.17, 15) is 0 Å². The van der Waals surface area contributed by atoms with Crippen molar-refractivity contribution in [2.75, 3.05) is 0 Å². The third kappa shape index (κ3) is 1.48. The molecule has 4 aliphatic rings. The zero-order valence-electron chi connectivity index (χ0n) is 10.7. The molecule has 0 heterocycles. The Hall–Kier alpha value is -0.300. The maximum Gasteiger partial charge on any atom is 0.0230 e. The summed E-state index contributed by atoms with van der Waals surface area (Å²) in [4.78, 5) is 0. The normalized spacial score (nSPS) is 48.4. The maximum absolute atomic E-state index is 6.20. The summed E-state index contributed by atoms with van der Waals surface area (Å²) in [5.74, 6) is 3.08. The molecule has 1 nitrogen and oxygen atoms in total. The zero-order chi connectivity index (χ0) is 11.3. The molecular weight excluding hydrogens is 194 g/mol. The van der Waals surface area contributed by atoms with Gasteiger partial charge in [0.1, 0.15) is 0 Å². The second-order valence-corrected chi connectivity index (χ2v) is 6.73. The SMILES string of the molecule is C/C=C(\C(C)N)C12CC3CC(CC(C3)C1)C2. The van der Waals surface area contributed by atoms with E-state index in [1.165, 1.54) is 38.5 Å². The van der Waals surface area contributed by atoms with Crippen LogP contribution in [0.4, 0.5) is 0 Å².